The summed E-state index contributed by atoms with van der Waals surface area (Å²) < 4.78 is 7.61. The van der Waals surface area contributed by atoms with Crippen molar-refractivity contribution in [2.24, 2.45) is 0 Å². The van der Waals surface area contributed by atoms with Crippen molar-refractivity contribution in [3.8, 4) is 0 Å². The van der Waals surface area contributed by atoms with E-state index in [2.05, 4.69) is 32.4 Å². The molecule has 2 heterocycles. The van der Waals surface area contributed by atoms with E-state index in [0.29, 0.717) is 18.7 Å². The molecule has 0 aliphatic carbocycles. The van der Waals surface area contributed by atoms with Crippen molar-refractivity contribution in [2.75, 3.05) is 6.26 Å². The van der Waals surface area contributed by atoms with Crippen LogP contribution in [0, 0.1) is 0 Å². The summed E-state index contributed by atoms with van der Waals surface area (Å²) in [5.74, 6) is 0.785. The zero-order valence-corrected chi connectivity index (χ0v) is 13.3. The van der Waals surface area contributed by atoms with Gasteiger partial charge in [-0.25, -0.2) is 4.98 Å². The van der Waals surface area contributed by atoms with Gasteiger partial charge in [0.05, 0.1) is 12.7 Å². The van der Waals surface area contributed by atoms with Gasteiger partial charge in [0.2, 0.25) is 5.65 Å². The van der Waals surface area contributed by atoms with Crippen LogP contribution in [0.25, 0.3) is 5.65 Å². The minimum atomic E-state index is 0.0281. The fraction of sp³-hybridized carbons (Fsp3) is 0.333. The number of rotatable bonds is 6. The highest BCUT2D eigenvalue weighted by molar-refractivity contribution is 7.98. The molecule has 0 fully saturated rings. The van der Waals surface area contributed by atoms with Gasteiger partial charge in [0.1, 0.15) is 11.4 Å². The molecule has 114 valence electrons. The maximum atomic E-state index is 5.88. The smallest absolute Gasteiger partial charge is 0.210 e. The Bertz CT molecular complexity index is 746. The summed E-state index contributed by atoms with van der Waals surface area (Å²) in [6.45, 7) is 2.62. The van der Waals surface area contributed by atoms with Gasteiger partial charge in [-0.2, -0.15) is 9.61 Å². The number of thioether (sulfide) groups is 1. The van der Waals surface area contributed by atoms with E-state index in [1.165, 1.54) is 18.1 Å². The third kappa shape index (κ3) is 3.26. The highest BCUT2D eigenvalue weighted by atomic mass is 32.2. The third-order valence-corrected chi connectivity index (χ3v) is 3.95. The van der Waals surface area contributed by atoms with Crippen LogP contribution in [-0.4, -0.2) is 37.2 Å². The molecule has 3 rings (SSSR count). The van der Waals surface area contributed by atoms with E-state index in [1.54, 1.807) is 4.52 Å². The number of fused-ring (bicyclic) bond motifs is 1. The lowest BCUT2D eigenvalue weighted by molar-refractivity contribution is 0.0519. The zero-order valence-electron chi connectivity index (χ0n) is 12.5. The maximum Gasteiger partial charge on any atom is 0.210 e. The van der Waals surface area contributed by atoms with E-state index in [0.717, 1.165) is 16.4 Å². The van der Waals surface area contributed by atoms with Crippen LogP contribution >= 0.6 is 11.8 Å². The minimum absolute atomic E-state index is 0.0281. The van der Waals surface area contributed by atoms with E-state index in [1.807, 2.05) is 31.4 Å². The molecule has 2 aromatic heterocycles. The first-order valence-electron chi connectivity index (χ1n) is 7.02. The zero-order chi connectivity index (χ0) is 15.4. The Hall–Kier alpha value is -1.99. The molecule has 0 radical (unpaired) electrons. The van der Waals surface area contributed by atoms with Crippen LogP contribution in [0.4, 0.5) is 0 Å². The molecule has 0 amide bonds. The number of ether oxygens (including phenoxy) is 1. The van der Waals surface area contributed by atoms with E-state index >= 15 is 0 Å². The fourth-order valence-corrected chi connectivity index (χ4v) is 2.62. The van der Waals surface area contributed by atoms with Crippen molar-refractivity contribution >= 4 is 17.4 Å². The first kappa shape index (κ1) is 14.9. The molecule has 0 unspecified atom stereocenters. The van der Waals surface area contributed by atoms with Crippen molar-refractivity contribution in [2.45, 2.75) is 31.1 Å². The molecule has 1 atom stereocenters. The largest absolute Gasteiger partial charge is 0.373 e. The summed E-state index contributed by atoms with van der Waals surface area (Å²) in [5, 5.41) is 13.4. The SMILES string of the molecule is CSc1ncnn2c(C[C@@H](C)OCc3ccccc3)nnc12. The molecular formula is C15H17N5OS. The van der Waals surface area contributed by atoms with Crippen LogP contribution < -0.4 is 0 Å². The molecule has 0 bridgehead atoms. The Morgan fingerprint density at radius 2 is 2.05 bits per heavy atom. The van der Waals surface area contributed by atoms with Gasteiger partial charge in [-0.15, -0.1) is 22.0 Å². The molecule has 0 spiro atoms. The summed E-state index contributed by atoms with van der Waals surface area (Å²) in [4.78, 5) is 4.19. The van der Waals surface area contributed by atoms with E-state index < -0.39 is 0 Å². The molecule has 0 aliphatic rings. The van der Waals surface area contributed by atoms with Crippen molar-refractivity contribution in [3.05, 3.63) is 48.0 Å². The third-order valence-electron chi connectivity index (χ3n) is 3.28. The summed E-state index contributed by atoms with van der Waals surface area (Å²) >= 11 is 1.53. The van der Waals surface area contributed by atoms with Crippen LogP contribution in [0.1, 0.15) is 18.3 Å². The van der Waals surface area contributed by atoms with Crippen molar-refractivity contribution in [1.29, 1.82) is 0 Å². The first-order valence-corrected chi connectivity index (χ1v) is 8.25. The van der Waals surface area contributed by atoms with E-state index in [9.17, 15) is 0 Å². The van der Waals surface area contributed by atoms with Gasteiger partial charge in [0, 0.05) is 6.42 Å². The van der Waals surface area contributed by atoms with Crippen molar-refractivity contribution < 1.29 is 4.74 Å². The molecule has 22 heavy (non-hydrogen) atoms. The number of nitrogens with zero attached hydrogens (tertiary/aromatic N) is 5. The van der Waals surface area contributed by atoms with Gasteiger partial charge >= 0.3 is 0 Å². The van der Waals surface area contributed by atoms with Crippen LogP contribution in [0.3, 0.4) is 0 Å². The molecule has 0 N–H and O–H groups in total. The van der Waals surface area contributed by atoms with Crippen molar-refractivity contribution in [3.63, 3.8) is 0 Å². The van der Waals surface area contributed by atoms with Crippen LogP contribution in [-0.2, 0) is 17.8 Å². The maximum absolute atomic E-state index is 5.88. The predicted molar refractivity (Wildman–Crippen MR) is 84.8 cm³/mol. The Morgan fingerprint density at radius 1 is 1.23 bits per heavy atom. The first-order chi connectivity index (χ1) is 10.8. The van der Waals surface area contributed by atoms with Gasteiger partial charge in [-0.05, 0) is 18.7 Å². The van der Waals surface area contributed by atoms with Crippen LogP contribution in [0.5, 0.6) is 0 Å². The van der Waals surface area contributed by atoms with Crippen LogP contribution in [0.2, 0.25) is 0 Å². The summed E-state index contributed by atoms with van der Waals surface area (Å²) in [7, 11) is 0. The molecule has 0 saturated heterocycles. The highest BCUT2D eigenvalue weighted by Gasteiger charge is 2.14. The number of benzene rings is 1. The lowest BCUT2D eigenvalue weighted by atomic mass is 10.2. The van der Waals surface area contributed by atoms with Crippen LogP contribution in [0.15, 0.2) is 41.7 Å². The molecule has 7 heteroatoms. The summed E-state index contributed by atoms with van der Waals surface area (Å²) in [5.41, 5.74) is 1.85. The van der Waals surface area contributed by atoms with Crippen molar-refractivity contribution in [1.82, 2.24) is 24.8 Å². The second kappa shape index (κ2) is 6.85. The van der Waals surface area contributed by atoms with Gasteiger partial charge in [-0.1, -0.05) is 30.3 Å². The van der Waals surface area contributed by atoms with Gasteiger partial charge in [0.25, 0.3) is 0 Å². The Labute approximate surface area is 132 Å². The van der Waals surface area contributed by atoms with E-state index in [4.69, 9.17) is 4.74 Å². The topological polar surface area (TPSA) is 65.2 Å². The Balaban J connectivity index is 1.68. The molecule has 1 aromatic carbocycles. The van der Waals surface area contributed by atoms with E-state index in [-0.39, 0.29) is 6.10 Å². The molecule has 0 saturated carbocycles. The Morgan fingerprint density at radius 3 is 2.82 bits per heavy atom. The standard InChI is InChI=1S/C15H17N5OS/c1-11(21-9-12-6-4-3-5-7-12)8-13-18-19-14-15(22-2)16-10-17-20(13)14/h3-7,10-11H,8-9H2,1-2H3/t11-/m1/s1. The predicted octanol–water partition coefficient (Wildman–Crippen LogP) is 2.39. The molecular weight excluding hydrogens is 298 g/mol. The second-order valence-corrected chi connectivity index (χ2v) is 5.73. The average Bonchev–Trinajstić information content (AvgIpc) is 2.97. The Kier molecular flexibility index (Phi) is 4.65. The highest BCUT2D eigenvalue weighted by Crippen LogP contribution is 2.16. The molecule has 0 aliphatic heterocycles. The van der Waals surface area contributed by atoms with Gasteiger partial charge < -0.3 is 4.74 Å². The lowest BCUT2D eigenvalue weighted by Crippen LogP contribution is -2.14. The lowest BCUT2D eigenvalue weighted by Gasteiger charge is -2.11. The van der Waals surface area contributed by atoms with Gasteiger partial charge in [0.15, 0.2) is 5.82 Å². The second-order valence-electron chi connectivity index (χ2n) is 4.93. The molecule has 6 nitrogen and oxygen atoms in total. The number of aromatic nitrogens is 5. The van der Waals surface area contributed by atoms with Gasteiger partial charge in [-0.3, -0.25) is 0 Å². The molecule has 3 aromatic rings. The number of hydrogen-bond acceptors (Lipinski definition) is 6. The average molecular weight is 315 g/mol. The fourth-order valence-electron chi connectivity index (χ4n) is 2.15. The summed E-state index contributed by atoms with van der Waals surface area (Å²) in [6, 6.07) is 10.1. The number of hydrogen-bond donors (Lipinski definition) is 0. The minimum Gasteiger partial charge on any atom is -0.373 e. The summed E-state index contributed by atoms with van der Waals surface area (Å²) in [6.07, 6.45) is 4.17. The monoisotopic (exact) mass is 315 g/mol. The quantitative estimate of drug-likeness (QED) is 0.651. The normalized spacial score (nSPS) is 12.6.